The van der Waals surface area contributed by atoms with Crippen LogP contribution >= 0.6 is 11.6 Å². The molecule has 1 fully saturated rings. The van der Waals surface area contributed by atoms with Gasteiger partial charge in [-0.05, 0) is 37.3 Å². The smallest absolute Gasteiger partial charge is 0.121 e. The largest absolute Gasteiger partial charge is 0.490 e. The third-order valence-corrected chi connectivity index (χ3v) is 4.83. The van der Waals surface area contributed by atoms with E-state index in [9.17, 15) is 0 Å². The van der Waals surface area contributed by atoms with Gasteiger partial charge in [-0.1, -0.05) is 30.2 Å². The maximum Gasteiger partial charge on any atom is 0.121 e. The molecule has 3 atom stereocenters. The molecule has 19 heavy (non-hydrogen) atoms. The molecule has 0 saturated heterocycles. The van der Waals surface area contributed by atoms with E-state index < -0.39 is 0 Å². The number of allylic oxidation sites excluding steroid dienone is 1. The van der Waals surface area contributed by atoms with Crippen LogP contribution in [0.5, 0.6) is 5.75 Å². The third kappa shape index (κ3) is 1.93. The second-order valence-corrected chi connectivity index (χ2v) is 6.31. The number of hydrogen-bond donors (Lipinski definition) is 0. The van der Waals surface area contributed by atoms with Crippen LogP contribution < -0.4 is 4.74 Å². The number of hydrogen-bond acceptors (Lipinski definition) is 2. The van der Waals surface area contributed by atoms with Gasteiger partial charge in [0.1, 0.15) is 17.9 Å². The van der Waals surface area contributed by atoms with Crippen molar-refractivity contribution in [2.24, 2.45) is 11.3 Å². The molecule has 2 nitrogen and oxygen atoms in total. The number of benzene rings is 1. The van der Waals surface area contributed by atoms with E-state index in [0.29, 0.717) is 21.9 Å². The number of rotatable bonds is 2. The molecule has 0 aliphatic heterocycles. The van der Waals surface area contributed by atoms with E-state index >= 15 is 0 Å². The Bertz CT molecular complexity index is 601. The van der Waals surface area contributed by atoms with Crippen LogP contribution in [0.15, 0.2) is 29.8 Å². The number of nitriles is 1. The van der Waals surface area contributed by atoms with Crippen molar-refractivity contribution in [1.82, 2.24) is 0 Å². The summed E-state index contributed by atoms with van der Waals surface area (Å²) in [6, 6.07) is 7.34. The first kappa shape index (κ1) is 12.6. The monoisotopic (exact) mass is 273 g/mol. The van der Waals surface area contributed by atoms with Crippen molar-refractivity contribution < 1.29 is 4.74 Å². The first-order chi connectivity index (χ1) is 9.03. The highest BCUT2D eigenvalue weighted by molar-refractivity contribution is 6.31. The van der Waals surface area contributed by atoms with Gasteiger partial charge in [0, 0.05) is 12.0 Å². The van der Waals surface area contributed by atoms with Crippen molar-refractivity contribution in [3.05, 3.63) is 40.4 Å². The quantitative estimate of drug-likeness (QED) is 0.751. The minimum absolute atomic E-state index is 0.243. The van der Waals surface area contributed by atoms with Gasteiger partial charge in [-0.25, -0.2) is 0 Å². The number of ether oxygens (including phenoxy) is 1. The molecule has 1 aromatic rings. The topological polar surface area (TPSA) is 33.0 Å². The second kappa shape index (κ2) is 4.28. The number of nitrogens with zero attached hydrogens (tertiary/aromatic N) is 1. The average Bonchev–Trinajstić information content (AvgIpc) is 2.58. The van der Waals surface area contributed by atoms with E-state index in [2.05, 4.69) is 26.0 Å². The zero-order valence-corrected chi connectivity index (χ0v) is 11.9. The van der Waals surface area contributed by atoms with Gasteiger partial charge in [0.2, 0.25) is 0 Å². The van der Waals surface area contributed by atoms with Crippen LogP contribution in [0.25, 0.3) is 0 Å². The second-order valence-electron chi connectivity index (χ2n) is 5.90. The first-order valence-corrected chi connectivity index (χ1v) is 6.94. The zero-order valence-electron chi connectivity index (χ0n) is 11.1. The molecule has 0 spiro atoms. The summed E-state index contributed by atoms with van der Waals surface area (Å²) in [6.07, 6.45) is 4.83. The Morgan fingerprint density at radius 2 is 2.26 bits per heavy atom. The van der Waals surface area contributed by atoms with Crippen LogP contribution in [0.1, 0.15) is 32.3 Å². The molecule has 0 amide bonds. The first-order valence-electron chi connectivity index (χ1n) is 6.56. The molecule has 1 aromatic carbocycles. The molecular formula is C16H16ClNO. The van der Waals surface area contributed by atoms with Crippen LogP contribution in [0, 0.1) is 22.7 Å². The van der Waals surface area contributed by atoms with Gasteiger partial charge in [-0.15, -0.1) is 0 Å². The van der Waals surface area contributed by atoms with Gasteiger partial charge in [-0.2, -0.15) is 5.26 Å². The van der Waals surface area contributed by atoms with Crippen LogP contribution in [0.3, 0.4) is 0 Å². The van der Waals surface area contributed by atoms with Crippen molar-refractivity contribution in [3.8, 4) is 11.8 Å². The highest BCUT2D eigenvalue weighted by Gasteiger charge is 2.54. The maximum atomic E-state index is 8.86. The van der Waals surface area contributed by atoms with Crippen LogP contribution in [0.4, 0.5) is 0 Å². The Labute approximate surface area is 118 Å². The Morgan fingerprint density at radius 1 is 1.47 bits per heavy atom. The van der Waals surface area contributed by atoms with Crippen molar-refractivity contribution in [3.63, 3.8) is 0 Å². The summed E-state index contributed by atoms with van der Waals surface area (Å²) in [4.78, 5) is 0. The fourth-order valence-electron chi connectivity index (χ4n) is 3.51. The lowest BCUT2D eigenvalue weighted by molar-refractivity contribution is -0.0488. The number of halogens is 1. The van der Waals surface area contributed by atoms with Gasteiger partial charge in [0.25, 0.3) is 0 Å². The SMILES string of the molecule is CC1=CCC2(C)C[C@@H](Oc3ccc(C#N)c(Cl)c3)C12. The summed E-state index contributed by atoms with van der Waals surface area (Å²) in [5, 5.41) is 9.32. The summed E-state index contributed by atoms with van der Waals surface area (Å²) in [6.45, 7) is 4.52. The van der Waals surface area contributed by atoms with Crippen LogP contribution in [0.2, 0.25) is 5.02 Å². The fraction of sp³-hybridized carbons (Fsp3) is 0.438. The van der Waals surface area contributed by atoms with Crippen LogP contribution in [-0.4, -0.2) is 6.10 Å². The summed E-state index contributed by atoms with van der Waals surface area (Å²) in [5.41, 5.74) is 2.33. The fourth-order valence-corrected chi connectivity index (χ4v) is 3.72. The number of fused-ring (bicyclic) bond motifs is 1. The molecule has 2 unspecified atom stereocenters. The Hall–Kier alpha value is -1.46. The van der Waals surface area contributed by atoms with E-state index in [-0.39, 0.29) is 6.10 Å². The minimum atomic E-state index is 0.243. The Morgan fingerprint density at radius 3 is 2.89 bits per heavy atom. The highest BCUT2D eigenvalue weighted by Crippen LogP contribution is 2.58. The predicted molar refractivity (Wildman–Crippen MR) is 75.2 cm³/mol. The summed E-state index contributed by atoms with van der Waals surface area (Å²) < 4.78 is 6.05. The molecule has 3 heteroatoms. The molecule has 0 radical (unpaired) electrons. The molecule has 2 aliphatic rings. The molecule has 1 saturated carbocycles. The molecule has 0 aromatic heterocycles. The predicted octanol–water partition coefficient (Wildman–Crippen LogP) is 4.34. The Kier molecular flexibility index (Phi) is 2.83. The zero-order chi connectivity index (χ0) is 13.6. The lowest BCUT2D eigenvalue weighted by atomic mass is 9.59. The van der Waals surface area contributed by atoms with E-state index in [1.54, 1.807) is 12.1 Å². The highest BCUT2D eigenvalue weighted by atomic mass is 35.5. The van der Waals surface area contributed by atoms with Crippen molar-refractivity contribution >= 4 is 11.6 Å². The third-order valence-electron chi connectivity index (χ3n) is 4.52. The summed E-state index contributed by atoms with van der Waals surface area (Å²) in [7, 11) is 0. The van der Waals surface area contributed by atoms with E-state index in [1.165, 1.54) is 5.57 Å². The van der Waals surface area contributed by atoms with Gasteiger partial charge >= 0.3 is 0 Å². The lowest BCUT2D eigenvalue weighted by Crippen LogP contribution is -2.50. The average molecular weight is 274 g/mol. The molecule has 3 rings (SSSR count). The Balaban J connectivity index is 1.76. The van der Waals surface area contributed by atoms with Gasteiger partial charge in [0.05, 0.1) is 10.6 Å². The molecule has 0 N–H and O–H groups in total. The van der Waals surface area contributed by atoms with Crippen molar-refractivity contribution in [2.45, 2.75) is 32.8 Å². The van der Waals surface area contributed by atoms with Crippen molar-refractivity contribution in [2.75, 3.05) is 0 Å². The summed E-state index contributed by atoms with van der Waals surface area (Å²) in [5.74, 6) is 1.29. The van der Waals surface area contributed by atoms with Gasteiger partial charge in [0.15, 0.2) is 0 Å². The van der Waals surface area contributed by atoms with Gasteiger partial charge < -0.3 is 4.74 Å². The molecular weight excluding hydrogens is 258 g/mol. The molecule has 2 aliphatic carbocycles. The van der Waals surface area contributed by atoms with E-state index in [0.717, 1.165) is 18.6 Å². The molecule has 0 bridgehead atoms. The standard InChI is InChI=1S/C16H16ClNO/c1-10-5-6-16(2)8-14(15(10)16)19-12-4-3-11(9-18)13(17)7-12/h3-5,7,14-15H,6,8H2,1-2H3/t14-,15?,16?/m1/s1. The summed E-state index contributed by atoms with van der Waals surface area (Å²) >= 11 is 6.03. The van der Waals surface area contributed by atoms with E-state index in [1.807, 2.05) is 6.07 Å². The van der Waals surface area contributed by atoms with Crippen molar-refractivity contribution in [1.29, 1.82) is 5.26 Å². The molecule has 0 heterocycles. The lowest BCUT2D eigenvalue weighted by Gasteiger charge is -2.50. The van der Waals surface area contributed by atoms with E-state index in [4.69, 9.17) is 21.6 Å². The molecule has 98 valence electrons. The minimum Gasteiger partial charge on any atom is -0.490 e. The maximum absolute atomic E-state index is 8.86. The van der Waals surface area contributed by atoms with Crippen LogP contribution in [-0.2, 0) is 0 Å². The normalized spacial score (nSPS) is 32.0. The van der Waals surface area contributed by atoms with Gasteiger partial charge in [-0.3, -0.25) is 0 Å².